The molecule has 0 saturated heterocycles. The fourth-order valence-electron chi connectivity index (χ4n) is 0. The number of hydrogen-bond acceptors (Lipinski definition) is 2. The Bertz CT molecular complexity index is 96.2. The predicted molar refractivity (Wildman–Crippen MR) is 38.5 cm³/mol. The van der Waals surface area contributed by atoms with Crippen LogP contribution >= 0.6 is 0 Å². The summed E-state index contributed by atoms with van der Waals surface area (Å²) in [7, 11) is -4.67. The maximum atomic E-state index is 8.74. The Balaban J connectivity index is -0.0000000133. The van der Waals surface area contributed by atoms with Crippen molar-refractivity contribution in [1.82, 2.24) is 0 Å². The standard InChI is InChI=1S/Al.Li.H2O4S.2H2O.4H/c;;1-5(2,3)4;;;;;;/h;;(H2,1,2,3,4);2*1H2;;;;. The molecule has 6 N–H and O–H groups in total. The first kappa shape index (κ1) is 32.6. The molecule has 0 spiro atoms. The minimum absolute atomic E-state index is 0. The molecule has 9 heavy (non-hydrogen) atoms. The first-order valence-electron chi connectivity index (χ1n) is 0.698. The second kappa shape index (κ2) is 11.7. The van der Waals surface area contributed by atoms with E-state index in [-0.39, 0.29) is 47.2 Å². The SMILES string of the molecule is O.O.O=S(=O)(O)O.[AlH3].[LiH]. The van der Waals surface area contributed by atoms with E-state index in [4.69, 9.17) is 17.5 Å². The van der Waals surface area contributed by atoms with E-state index in [1.54, 1.807) is 0 Å². The molecule has 0 rings (SSSR count). The van der Waals surface area contributed by atoms with Gasteiger partial charge in [0.1, 0.15) is 0 Å². The van der Waals surface area contributed by atoms with E-state index < -0.39 is 10.4 Å². The normalized spacial score (nSPS) is 6.44. The van der Waals surface area contributed by atoms with Crippen molar-refractivity contribution in [2.45, 2.75) is 0 Å². The quantitative estimate of drug-likeness (QED) is 0.283. The summed E-state index contributed by atoms with van der Waals surface area (Å²) in [4.78, 5) is 0. The summed E-state index contributed by atoms with van der Waals surface area (Å²) in [6.45, 7) is 0. The van der Waals surface area contributed by atoms with Crippen LogP contribution in [0.3, 0.4) is 0 Å². The van der Waals surface area contributed by atoms with E-state index in [1.165, 1.54) is 0 Å². The average Bonchev–Trinajstić information content (AvgIpc) is 0.722. The molecule has 0 aromatic heterocycles. The molecule has 0 saturated carbocycles. The molecule has 0 unspecified atom stereocenters. The Morgan fingerprint density at radius 3 is 1.00 bits per heavy atom. The third kappa shape index (κ3) is 505. The minimum atomic E-state index is -4.67. The van der Waals surface area contributed by atoms with Gasteiger partial charge in [0, 0.05) is 0 Å². The molecule has 0 atom stereocenters. The Morgan fingerprint density at radius 2 is 1.00 bits per heavy atom. The summed E-state index contributed by atoms with van der Waals surface area (Å²) in [6.07, 6.45) is 0. The fourth-order valence-corrected chi connectivity index (χ4v) is 0. The van der Waals surface area contributed by atoms with Crippen molar-refractivity contribution in [1.29, 1.82) is 0 Å². The first-order valence-corrected chi connectivity index (χ1v) is 2.10. The van der Waals surface area contributed by atoms with Gasteiger partial charge in [-0.25, -0.2) is 0 Å². The molecular weight excluding hydrogens is 162 g/mol. The Labute approximate surface area is 75.1 Å². The van der Waals surface area contributed by atoms with Crippen LogP contribution in [0.2, 0.25) is 0 Å². The number of hydrogen-bond donors (Lipinski definition) is 2. The molecule has 9 heteroatoms. The topological polar surface area (TPSA) is 138 Å². The van der Waals surface area contributed by atoms with Crippen LogP contribution in [-0.2, 0) is 10.4 Å². The molecule has 56 valence electrons. The molecule has 0 aliphatic carbocycles. The first-order chi connectivity index (χ1) is 2.00. The van der Waals surface area contributed by atoms with Gasteiger partial charge in [-0.1, -0.05) is 0 Å². The molecule has 0 bridgehead atoms. The van der Waals surface area contributed by atoms with Crippen LogP contribution in [0.15, 0.2) is 0 Å². The fraction of sp³-hybridized carbons (Fsp3) is 0. The second-order valence-corrected chi connectivity index (χ2v) is 1.34. The van der Waals surface area contributed by atoms with Crippen LogP contribution in [0.1, 0.15) is 0 Å². The third-order valence-electron chi connectivity index (χ3n) is 0. The molecule has 0 aromatic carbocycles. The predicted octanol–water partition coefficient (Wildman–Crippen LogP) is -4.13. The summed E-state index contributed by atoms with van der Waals surface area (Å²) >= 11 is 0. The molecule has 0 radical (unpaired) electrons. The summed E-state index contributed by atoms with van der Waals surface area (Å²) in [6, 6.07) is 0. The van der Waals surface area contributed by atoms with Gasteiger partial charge in [0.15, 0.2) is 17.4 Å². The Kier molecular flexibility index (Phi) is 42.3. The van der Waals surface area contributed by atoms with Crippen LogP contribution in [0, 0.1) is 0 Å². The Morgan fingerprint density at radius 1 is 1.00 bits per heavy atom. The van der Waals surface area contributed by atoms with Gasteiger partial charge >= 0.3 is 29.3 Å². The van der Waals surface area contributed by atoms with E-state index >= 15 is 0 Å². The van der Waals surface area contributed by atoms with Gasteiger partial charge in [-0.05, 0) is 0 Å². The van der Waals surface area contributed by atoms with E-state index in [0.717, 1.165) is 0 Å². The van der Waals surface area contributed by atoms with Crippen LogP contribution in [-0.4, -0.2) is 64.7 Å². The maximum absolute atomic E-state index is 8.74. The molecule has 0 fully saturated rings. The molecular formula is H10AlLiO6S. The second-order valence-electron chi connectivity index (χ2n) is 0.448. The molecule has 0 aromatic rings. The van der Waals surface area contributed by atoms with Crippen molar-refractivity contribution < 1.29 is 28.5 Å². The summed E-state index contributed by atoms with van der Waals surface area (Å²) in [5.74, 6) is 0. The van der Waals surface area contributed by atoms with Gasteiger partial charge in [0.2, 0.25) is 0 Å². The van der Waals surface area contributed by atoms with Gasteiger partial charge in [0.25, 0.3) is 0 Å². The van der Waals surface area contributed by atoms with Crippen molar-refractivity contribution in [3.63, 3.8) is 0 Å². The van der Waals surface area contributed by atoms with Gasteiger partial charge in [-0.3, -0.25) is 9.11 Å². The van der Waals surface area contributed by atoms with Crippen molar-refractivity contribution in [3.8, 4) is 0 Å². The Hall–Kier alpha value is 0.920. The van der Waals surface area contributed by atoms with Gasteiger partial charge in [0.05, 0.1) is 0 Å². The van der Waals surface area contributed by atoms with Crippen molar-refractivity contribution in [2.24, 2.45) is 0 Å². The summed E-state index contributed by atoms with van der Waals surface area (Å²) in [5.41, 5.74) is 0. The zero-order valence-corrected chi connectivity index (χ0v) is 3.94. The van der Waals surface area contributed by atoms with E-state index in [2.05, 4.69) is 0 Å². The van der Waals surface area contributed by atoms with E-state index in [1.807, 2.05) is 0 Å². The average molecular weight is 172 g/mol. The van der Waals surface area contributed by atoms with Crippen LogP contribution < -0.4 is 0 Å². The third-order valence-corrected chi connectivity index (χ3v) is 0. The van der Waals surface area contributed by atoms with Crippen molar-refractivity contribution in [3.05, 3.63) is 0 Å². The number of rotatable bonds is 0. The van der Waals surface area contributed by atoms with Gasteiger partial charge in [-0.2, -0.15) is 8.42 Å². The zero-order chi connectivity index (χ0) is 4.50. The van der Waals surface area contributed by atoms with E-state index in [9.17, 15) is 0 Å². The van der Waals surface area contributed by atoms with Crippen LogP contribution in [0.5, 0.6) is 0 Å². The molecule has 6 nitrogen and oxygen atoms in total. The van der Waals surface area contributed by atoms with E-state index in [0.29, 0.717) is 0 Å². The van der Waals surface area contributed by atoms with Gasteiger partial charge in [-0.15, -0.1) is 0 Å². The molecule has 0 aliphatic heterocycles. The molecule has 0 amide bonds. The van der Waals surface area contributed by atoms with Crippen LogP contribution in [0.25, 0.3) is 0 Å². The summed E-state index contributed by atoms with van der Waals surface area (Å²) in [5, 5.41) is 0. The monoisotopic (exact) mass is 172 g/mol. The zero-order valence-electron chi connectivity index (χ0n) is 3.12. The molecule has 0 aliphatic rings. The van der Waals surface area contributed by atoms with Crippen LogP contribution in [0.4, 0.5) is 0 Å². The summed E-state index contributed by atoms with van der Waals surface area (Å²) < 4.78 is 31.6. The molecule has 0 heterocycles. The van der Waals surface area contributed by atoms with Crippen molar-refractivity contribution >= 4 is 46.6 Å². The van der Waals surface area contributed by atoms with Crippen molar-refractivity contribution in [2.75, 3.05) is 0 Å². The van der Waals surface area contributed by atoms with Gasteiger partial charge < -0.3 is 11.0 Å².